The van der Waals surface area contributed by atoms with Gasteiger partial charge in [0.1, 0.15) is 11.5 Å². The second-order valence-electron chi connectivity index (χ2n) is 7.56. The summed E-state index contributed by atoms with van der Waals surface area (Å²) in [4.78, 5) is 28.0. The highest BCUT2D eigenvalue weighted by Crippen LogP contribution is 2.20. The Bertz CT molecular complexity index is 797. The molecule has 1 fully saturated rings. The highest BCUT2D eigenvalue weighted by atomic mass is 16.5. The number of benzene rings is 1. The van der Waals surface area contributed by atoms with Crippen LogP contribution in [0, 0.1) is 5.92 Å². The summed E-state index contributed by atoms with van der Waals surface area (Å²) in [7, 11) is 3.37. The second-order valence-corrected chi connectivity index (χ2v) is 7.56. The van der Waals surface area contributed by atoms with Crippen LogP contribution in [0.25, 0.3) is 11.3 Å². The number of methoxy groups -OCH3 is 1. The minimum Gasteiger partial charge on any atom is -0.469 e. The number of hydrogen-bond donors (Lipinski definition) is 0. The first-order valence-electron chi connectivity index (χ1n) is 10.1. The molecule has 1 saturated heterocycles. The molecular weight excluding hydrogens is 370 g/mol. The molecule has 2 aromatic rings. The summed E-state index contributed by atoms with van der Waals surface area (Å²) in [5, 5.41) is 4.14. The lowest BCUT2D eigenvalue weighted by atomic mass is 9.97. The number of amides is 1. The SMILES string of the molecule is COC(=O)C1CCN(C(=O)CN(C)CCCc2cc(-c3ccccc3)no2)CC1. The molecule has 7 heteroatoms. The third kappa shape index (κ3) is 5.90. The number of likely N-dealkylation sites (N-methyl/N-ethyl adjacent to an activating group) is 1. The van der Waals surface area contributed by atoms with Gasteiger partial charge < -0.3 is 14.2 Å². The Kier molecular flexibility index (Phi) is 7.41. The Morgan fingerprint density at radius 3 is 2.66 bits per heavy atom. The van der Waals surface area contributed by atoms with Crippen LogP contribution in [0.5, 0.6) is 0 Å². The summed E-state index contributed by atoms with van der Waals surface area (Å²) in [5.74, 6) is 0.719. The Labute approximate surface area is 171 Å². The molecule has 3 rings (SSSR count). The van der Waals surface area contributed by atoms with Crippen LogP contribution in [0.3, 0.4) is 0 Å². The molecule has 29 heavy (non-hydrogen) atoms. The summed E-state index contributed by atoms with van der Waals surface area (Å²) >= 11 is 0. The summed E-state index contributed by atoms with van der Waals surface area (Å²) in [6.45, 7) is 2.42. The van der Waals surface area contributed by atoms with Crippen molar-refractivity contribution < 1.29 is 18.8 Å². The number of piperidine rings is 1. The number of hydrogen-bond acceptors (Lipinski definition) is 6. The van der Waals surface area contributed by atoms with Gasteiger partial charge in [-0.3, -0.25) is 14.5 Å². The highest BCUT2D eigenvalue weighted by Gasteiger charge is 2.28. The van der Waals surface area contributed by atoms with E-state index in [9.17, 15) is 9.59 Å². The monoisotopic (exact) mass is 399 g/mol. The predicted molar refractivity (Wildman–Crippen MR) is 109 cm³/mol. The number of rotatable bonds is 8. The topological polar surface area (TPSA) is 75.9 Å². The number of aromatic nitrogens is 1. The number of esters is 1. The van der Waals surface area contributed by atoms with Crippen molar-refractivity contribution in [2.75, 3.05) is 40.3 Å². The van der Waals surface area contributed by atoms with Gasteiger partial charge in [-0.25, -0.2) is 0 Å². The standard InChI is InChI=1S/C22H29N3O4/c1-24(16-21(26)25-13-10-18(11-14-25)22(27)28-2)12-6-9-19-15-20(23-29-19)17-7-4-3-5-8-17/h3-5,7-8,15,18H,6,9-14,16H2,1-2H3. The van der Waals surface area contributed by atoms with Crippen molar-refractivity contribution in [3.8, 4) is 11.3 Å². The number of ether oxygens (including phenoxy) is 1. The van der Waals surface area contributed by atoms with E-state index in [1.165, 1.54) is 7.11 Å². The van der Waals surface area contributed by atoms with E-state index in [2.05, 4.69) is 5.16 Å². The van der Waals surface area contributed by atoms with Crippen molar-refractivity contribution in [3.05, 3.63) is 42.2 Å². The fourth-order valence-corrected chi connectivity index (χ4v) is 3.64. The zero-order valence-electron chi connectivity index (χ0n) is 17.2. The maximum Gasteiger partial charge on any atom is 0.308 e. The molecule has 1 aromatic heterocycles. The second kappa shape index (κ2) is 10.2. The molecule has 0 spiro atoms. The molecule has 0 bridgehead atoms. The molecule has 1 amide bonds. The molecule has 1 aromatic carbocycles. The van der Waals surface area contributed by atoms with Crippen molar-refractivity contribution in [2.24, 2.45) is 5.92 Å². The zero-order valence-corrected chi connectivity index (χ0v) is 17.2. The summed E-state index contributed by atoms with van der Waals surface area (Å²) in [6, 6.07) is 11.9. The van der Waals surface area contributed by atoms with Gasteiger partial charge >= 0.3 is 5.97 Å². The van der Waals surface area contributed by atoms with Gasteiger partial charge in [0.2, 0.25) is 5.91 Å². The van der Waals surface area contributed by atoms with Gasteiger partial charge in [0.05, 0.1) is 19.6 Å². The Morgan fingerprint density at radius 1 is 1.24 bits per heavy atom. The van der Waals surface area contributed by atoms with Crippen molar-refractivity contribution in [1.29, 1.82) is 0 Å². The molecule has 2 heterocycles. The Morgan fingerprint density at radius 2 is 1.97 bits per heavy atom. The van der Waals surface area contributed by atoms with Crippen LogP contribution in [0.1, 0.15) is 25.0 Å². The van der Waals surface area contributed by atoms with E-state index < -0.39 is 0 Å². The minimum atomic E-state index is -0.169. The van der Waals surface area contributed by atoms with Gasteiger partial charge in [-0.05, 0) is 32.9 Å². The number of likely N-dealkylation sites (tertiary alicyclic amines) is 1. The first kappa shape index (κ1) is 21.0. The van der Waals surface area contributed by atoms with Crippen LogP contribution in [0.2, 0.25) is 0 Å². The maximum atomic E-state index is 12.5. The lowest BCUT2D eigenvalue weighted by molar-refractivity contribution is -0.149. The van der Waals surface area contributed by atoms with Crippen LogP contribution >= 0.6 is 0 Å². The molecule has 7 nitrogen and oxygen atoms in total. The molecule has 0 radical (unpaired) electrons. The predicted octanol–water partition coefficient (Wildman–Crippen LogP) is 2.62. The van der Waals surface area contributed by atoms with Crippen LogP contribution in [-0.2, 0) is 20.7 Å². The van der Waals surface area contributed by atoms with Crippen LogP contribution in [0.4, 0.5) is 0 Å². The molecule has 0 atom stereocenters. The number of aryl methyl sites for hydroxylation is 1. The first-order valence-corrected chi connectivity index (χ1v) is 10.1. The summed E-state index contributed by atoms with van der Waals surface area (Å²) < 4.78 is 10.2. The molecule has 1 aliphatic heterocycles. The van der Waals surface area contributed by atoms with Crippen molar-refractivity contribution in [2.45, 2.75) is 25.7 Å². The van der Waals surface area contributed by atoms with Gasteiger partial charge in [-0.15, -0.1) is 0 Å². The van der Waals surface area contributed by atoms with E-state index in [-0.39, 0.29) is 17.8 Å². The van der Waals surface area contributed by atoms with Gasteiger partial charge in [0, 0.05) is 31.1 Å². The van der Waals surface area contributed by atoms with Gasteiger partial charge in [-0.2, -0.15) is 0 Å². The number of nitrogens with zero attached hydrogens (tertiary/aromatic N) is 3. The Hall–Kier alpha value is -2.67. The van der Waals surface area contributed by atoms with Gasteiger partial charge in [0.25, 0.3) is 0 Å². The molecule has 0 aliphatic carbocycles. The fourth-order valence-electron chi connectivity index (χ4n) is 3.64. The Balaban J connectivity index is 1.37. The van der Waals surface area contributed by atoms with Crippen LogP contribution in [-0.4, -0.2) is 67.2 Å². The smallest absolute Gasteiger partial charge is 0.308 e. The zero-order chi connectivity index (χ0) is 20.6. The minimum absolute atomic E-state index is 0.0792. The van der Waals surface area contributed by atoms with Gasteiger partial charge in [-0.1, -0.05) is 35.5 Å². The summed E-state index contributed by atoms with van der Waals surface area (Å²) in [5.41, 5.74) is 1.89. The number of carbonyl (C=O) groups excluding carboxylic acids is 2. The molecular formula is C22H29N3O4. The maximum absolute atomic E-state index is 12.5. The highest BCUT2D eigenvalue weighted by molar-refractivity contribution is 5.79. The van der Waals surface area contributed by atoms with E-state index in [0.29, 0.717) is 32.5 Å². The van der Waals surface area contributed by atoms with E-state index in [1.807, 2.05) is 53.2 Å². The van der Waals surface area contributed by atoms with E-state index >= 15 is 0 Å². The lowest BCUT2D eigenvalue weighted by Gasteiger charge is -2.31. The molecule has 0 N–H and O–H groups in total. The average molecular weight is 399 g/mol. The first-order chi connectivity index (χ1) is 14.1. The molecule has 0 unspecified atom stereocenters. The third-order valence-corrected chi connectivity index (χ3v) is 5.38. The molecule has 0 saturated carbocycles. The number of carbonyl (C=O) groups is 2. The van der Waals surface area contributed by atoms with Crippen molar-refractivity contribution >= 4 is 11.9 Å². The van der Waals surface area contributed by atoms with E-state index in [1.54, 1.807) is 0 Å². The van der Waals surface area contributed by atoms with E-state index in [0.717, 1.165) is 36.4 Å². The van der Waals surface area contributed by atoms with Crippen LogP contribution < -0.4 is 0 Å². The quantitative estimate of drug-likeness (QED) is 0.635. The molecule has 156 valence electrons. The third-order valence-electron chi connectivity index (χ3n) is 5.38. The molecule has 1 aliphatic rings. The van der Waals surface area contributed by atoms with Crippen molar-refractivity contribution in [3.63, 3.8) is 0 Å². The lowest BCUT2D eigenvalue weighted by Crippen LogP contribution is -2.44. The van der Waals surface area contributed by atoms with E-state index in [4.69, 9.17) is 9.26 Å². The average Bonchev–Trinajstić information content (AvgIpc) is 3.23. The largest absolute Gasteiger partial charge is 0.469 e. The van der Waals surface area contributed by atoms with Gasteiger partial charge in [0.15, 0.2) is 0 Å². The van der Waals surface area contributed by atoms with Crippen LogP contribution in [0.15, 0.2) is 40.9 Å². The normalized spacial score (nSPS) is 14.9. The fraction of sp³-hybridized carbons (Fsp3) is 0.500. The summed E-state index contributed by atoms with van der Waals surface area (Å²) in [6.07, 6.45) is 3.02. The van der Waals surface area contributed by atoms with Crippen molar-refractivity contribution in [1.82, 2.24) is 15.0 Å².